The summed E-state index contributed by atoms with van der Waals surface area (Å²) in [7, 11) is -3.64. The van der Waals surface area contributed by atoms with Crippen molar-refractivity contribution in [3.63, 3.8) is 0 Å². The summed E-state index contributed by atoms with van der Waals surface area (Å²) in [5, 5.41) is 2.54. The monoisotopic (exact) mass is 350 g/mol. The smallest absolute Gasteiger partial charge is 0.251 e. The molecule has 0 aliphatic rings. The maximum absolute atomic E-state index is 13.1. The van der Waals surface area contributed by atoms with Crippen LogP contribution in [0.2, 0.25) is 0 Å². The van der Waals surface area contributed by atoms with Gasteiger partial charge in [0, 0.05) is 18.7 Å². The van der Waals surface area contributed by atoms with Crippen molar-refractivity contribution in [2.45, 2.75) is 18.7 Å². The molecule has 0 spiro atoms. The Morgan fingerprint density at radius 1 is 1.08 bits per heavy atom. The second-order valence-electron chi connectivity index (χ2n) is 5.43. The van der Waals surface area contributed by atoms with Gasteiger partial charge < -0.3 is 5.32 Å². The Balaban J connectivity index is 1.90. The SMILES string of the molecule is Cc1ccc(S(=O)(=O)NCCNC(=O)c2cccc(F)c2)c(C)c1. The molecule has 0 atom stereocenters. The van der Waals surface area contributed by atoms with Crippen LogP contribution >= 0.6 is 0 Å². The fraction of sp³-hybridized carbons (Fsp3) is 0.235. The predicted molar refractivity (Wildman–Crippen MR) is 89.8 cm³/mol. The van der Waals surface area contributed by atoms with E-state index in [4.69, 9.17) is 0 Å². The fourth-order valence-electron chi connectivity index (χ4n) is 2.27. The summed E-state index contributed by atoms with van der Waals surface area (Å²) >= 11 is 0. The van der Waals surface area contributed by atoms with Crippen LogP contribution in [0.3, 0.4) is 0 Å². The van der Waals surface area contributed by atoms with Gasteiger partial charge in [0.2, 0.25) is 10.0 Å². The zero-order valence-corrected chi connectivity index (χ0v) is 14.3. The highest BCUT2D eigenvalue weighted by molar-refractivity contribution is 7.89. The average molecular weight is 350 g/mol. The highest BCUT2D eigenvalue weighted by atomic mass is 32.2. The van der Waals surface area contributed by atoms with E-state index >= 15 is 0 Å². The second-order valence-corrected chi connectivity index (χ2v) is 7.17. The number of carbonyl (C=O) groups excluding carboxylic acids is 1. The maximum Gasteiger partial charge on any atom is 0.251 e. The standard InChI is InChI=1S/C17H19FN2O3S/c1-12-6-7-16(13(2)10-12)24(22,23)20-9-8-19-17(21)14-4-3-5-15(18)11-14/h3-7,10-11,20H,8-9H2,1-2H3,(H,19,21). The zero-order valence-electron chi connectivity index (χ0n) is 13.5. The van der Waals surface area contributed by atoms with E-state index in [-0.39, 0.29) is 23.5 Å². The fourth-order valence-corrected chi connectivity index (χ4v) is 3.53. The molecule has 0 unspecified atom stereocenters. The lowest BCUT2D eigenvalue weighted by atomic mass is 10.2. The van der Waals surface area contributed by atoms with E-state index in [1.54, 1.807) is 25.1 Å². The number of amides is 1. The van der Waals surface area contributed by atoms with Crippen LogP contribution in [0.25, 0.3) is 0 Å². The van der Waals surface area contributed by atoms with Crippen molar-refractivity contribution >= 4 is 15.9 Å². The Morgan fingerprint density at radius 2 is 1.83 bits per heavy atom. The van der Waals surface area contributed by atoms with Gasteiger partial charge >= 0.3 is 0 Å². The topological polar surface area (TPSA) is 75.3 Å². The van der Waals surface area contributed by atoms with Gasteiger partial charge in [0.15, 0.2) is 0 Å². The minimum absolute atomic E-state index is 0.0384. The zero-order chi connectivity index (χ0) is 17.7. The molecule has 1 amide bonds. The van der Waals surface area contributed by atoms with E-state index in [9.17, 15) is 17.6 Å². The molecule has 0 aromatic heterocycles. The molecule has 2 aromatic rings. The highest BCUT2D eigenvalue weighted by Crippen LogP contribution is 2.15. The summed E-state index contributed by atoms with van der Waals surface area (Å²) in [6.45, 7) is 3.75. The van der Waals surface area contributed by atoms with Gasteiger partial charge in [-0.2, -0.15) is 0 Å². The number of carbonyl (C=O) groups is 1. The molecule has 7 heteroatoms. The van der Waals surface area contributed by atoms with Gasteiger partial charge in [-0.15, -0.1) is 0 Å². The van der Waals surface area contributed by atoms with Gasteiger partial charge in [-0.1, -0.05) is 23.8 Å². The van der Waals surface area contributed by atoms with Crippen LogP contribution in [0, 0.1) is 19.7 Å². The molecule has 2 aromatic carbocycles. The van der Waals surface area contributed by atoms with Crippen molar-refractivity contribution in [2.75, 3.05) is 13.1 Å². The van der Waals surface area contributed by atoms with Crippen molar-refractivity contribution in [1.29, 1.82) is 0 Å². The second kappa shape index (κ2) is 7.55. The molecule has 0 aliphatic carbocycles. The first-order valence-electron chi connectivity index (χ1n) is 7.40. The van der Waals surface area contributed by atoms with Gasteiger partial charge in [-0.05, 0) is 43.7 Å². The van der Waals surface area contributed by atoms with E-state index in [2.05, 4.69) is 10.0 Å². The minimum atomic E-state index is -3.64. The predicted octanol–water partition coefficient (Wildman–Crippen LogP) is 2.15. The molecule has 0 radical (unpaired) electrons. The molecular weight excluding hydrogens is 331 g/mol. The molecule has 2 N–H and O–H groups in total. The van der Waals surface area contributed by atoms with Crippen molar-refractivity contribution < 1.29 is 17.6 Å². The number of hydrogen-bond acceptors (Lipinski definition) is 3. The quantitative estimate of drug-likeness (QED) is 0.784. The molecule has 5 nitrogen and oxygen atoms in total. The van der Waals surface area contributed by atoms with Crippen LogP contribution in [0.1, 0.15) is 21.5 Å². The Bertz CT molecular complexity index is 851. The molecule has 0 aliphatic heterocycles. The van der Waals surface area contributed by atoms with E-state index in [1.165, 1.54) is 18.2 Å². The number of halogens is 1. The van der Waals surface area contributed by atoms with Gasteiger partial charge in [0.1, 0.15) is 5.82 Å². The highest BCUT2D eigenvalue weighted by Gasteiger charge is 2.16. The van der Waals surface area contributed by atoms with E-state index in [1.807, 2.05) is 6.92 Å². The summed E-state index contributed by atoms with van der Waals surface area (Å²) < 4.78 is 40.0. The van der Waals surface area contributed by atoms with Crippen molar-refractivity contribution in [2.24, 2.45) is 0 Å². The van der Waals surface area contributed by atoms with Crippen LogP contribution in [0.5, 0.6) is 0 Å². The molecule has 0 saturated heterocycles. The summed E-state index contributed by atoms with van der Waals surface area (Å²) in [4.78, 5) is 12.0. The van der Waals surface area contributed by atoms with Crippen LogP contribution in [0.4, 0.5) is 4.39 Å². The molecule has 24 heavy (non-hydrogen) atoms. The van der Waals surface area contributed by atoms with Crippen molar-refractivity contribution in [3.05, 3.63) is 65.0 Å². The number of nitrogens with one attached hydrogen (secondary N) is 2. The number of sulfonamides is 1. The molecule has 0 saturated carbocycles. The van der Waals surface area contributed by atoms with Gasteiger partial charge in [-0.25, -0.2) is 17.5 Å². The summed E-state index contributed by atoms with van der Waals surface area (Å²) in [6, 6.07) is 10.4. The summed E-state index contributed by atoms with van der Waals surface area (Å²) in [5.41, 5.74) is 1.83. The first-order chi connectivity index (χ1) is 11.3. The average Bonchev–Trinajstić information content (AvgIpc) is 2.51. The summed E-state index contributed by atoms with van der Waals surface area (Å²) in [6.07, 6.45) is 0. The molecule has 128 valence electrons. The summed E-state index contributed by atoms with van der Waals surface area (Å²) in [5.74, 6) is -0.960. The lowest BCUT2D eigenvalue weighted by molar-refractivity contribution is 0.0954. The Kier molecular flexibility index (Phi) is 5.69. The van der Waals surface area contributed by atoms with Gasteiger partial charge in [0.05, 0.1) is 4.90 Å². The van der Waals surface area contributed by atoms with Crippen LogP contribution < -0.4 is 10.0 Å². The molecule has 0 fully saturated rings. The maximum atomic E-state index is 13.1. The number of aryl methyl sites for hydroxylation is 2. The van der Waals surface area contributed by atoms with Gasteiger partial charge in [0.25, 0.3) is 5.91 Å². The number of benzene rings is 2. The molecule has 0 heterocycles. The van der Waals surface area contributed by atoms with E-state index < -0.39 is 21.7 Å². The molecule has 2 rings (SSSR count). The number of rotatable bonds is 6. The lowest BCUT2D eigenvalue weighted by Crippen LogP contribution is -2.35. The van der Waals surface area contributed by atoms with Crippen LogP contribution in [-0.2, 0) is 10.0 Å². The third kappa shape index (κ3) is 4.62. The first kappa shape index (κ1) is 18.1. The van der Waals surface area contributed by atoms with Crippen LogP contribution in [-0.4, -0.2) is 27.4 Å². The van der Waals surface area contributed by atoms with Gasteiger partial charge in [-0.3, -0.25) is 4.79 Å². The molecule has 0 bridgehead atoms. The molecular formula is C17H19FN2O3S. The Hall–Kier alpha value is -2.25. The normalized spacial score (nSPS) is 11.3. The first-order valence-corrected chi connectivity index (χ1v) is 8.88. The van der Waals surface area contributed by atoms with Crippen LogP contribution in [0.15, 0.2) is 47.4 Å². The largest absolute Gasteiger partial charge is 0.351 e. The number of hydrogen-bond donors (Lipinski definition) is 2. The minimum Gasteiger partial charge on any atom is -0.351 e. The Labute approximate surface area is 141 Å². The van der Waals surface area contributed by atoms with E-state index in [0.717, 1.165) is 11.6 Å². The lowest BCUT2D eigenvalue weighted by Gasteiger charge is -2.10. The Morgan fingerprint density at radius 3 is 2.50 bits per heavy atom. The van der Waals surface area contributed by atoms with Crippen molar-refractivity contribution in [3.8, 4) is 0 Å². The third-order valence-corrected chi connectivity index (χ3v) is 5.03. The third-order valence-electron chi connectivity index (χ3n) is 3.41. The van der Waals surface area contributed by atoms with Crippen molar-refractivity contribution in [1.82, 2.24) is 10.0 Å². The van der Waals surface area contributed by atoms with E-state index in [0.29, 0.717) is 5.56 Å².